The van der Waals surface area contributed by atoms with E-state index in [1.54, 1.807) is 12.1 Å². The van der Waals surface area contributed by atoms with Crippen LogP contribution in [0.15, 0.2) is 42.5 Å². The van der Waals surface area contributed by atoms with Gasteiger partial charge in [0.15, 0.2) is 0 Å². The number of imidazole rings is 1. The molecule has 0 radical (unpaired) electrons. The highest BCUT2D eigenvalue weighted by atomic mass is 16.1. The summed E-state index contributed by atoms with van der Waals surface area (Å²) < 4.78 is 0. The van der Waals surface area contributed by atoms with Crippen LogP contribution in [-0.2, 0) is 11.2 Å². The van der Waals surface area contributed by atoms with Gasteiger partial charge in [-0.15, -0.1) is 0 Å². The second-order valence-electron chi connectivity index (χ2n) is 4.73. The normalized spacial score (nSPS) is 10.4. The van der Waals surface area contributed by atoms with Gasteiger partial charge >= 0.3 is 0 Å². The number of rotatable bonds is 3. The fraction of sp³-hybridized carbons (Fsp3) is 0.0625. The van der Waals surface area contributed by atoms with Gasteiger partial charge in [-0.05, 0) is 35.9 Å². The monoisotopic (exact) mass is 276 g/mol. The van der Waals surface area contributed by atoms with Crippen molar-refractivity contribution in [2.24, 2.45) is 5.73 Å². The maximum absolute atomic E-state index is 11.1. The van der Waals surface area contributed by atoms with Crippen LogP contribution in [0.4, 0.5) is 0 Å². The molecular formula is C16H12N4O. The molecule has 1 heterocycles. The lowest BCUT2D eigenvalue weighted by atomic mass is 10.1. The molecule has 5 heteroatoms. The lowest BCUT2D eigenvalue weighted by Crippen LogP contribution is -2.13. The van der Waals surface area contributed by atoms with Gasteiger partial charge in [0.2, 0.25) is 5.91 Å². The molecule has 0 fully saturated rings. The molecule has 1 aromatic heterocycles. The first kappa shape index (κ1) is 12.9. The highest BCUT2D eigenvalue weighted by Crippen LogP contribution is 2.23. The molecule has 0 saturated carbocycles. The second-order valence-corrected chi connectivity index (χ2v) is 4.73. The fourth-order valence-corrected chi connectivity index (χ4v) is 2.26. The highest BCUT2D eigenvalue weighted by Gasteiger charge is 2.10. The first-order valence-corrected chi connectivity index (χ1v) is 6.44. The Labute approximate surface area is 121 Å². The molecule has 0 unspecified atom stereocenters. The summed E-state index contributed by atoms with van der Waals surface area (Å²) in [5, 5.41) is 8.82. The molecule has 0 atom stereocenters. The van der Waals surface area contributed by atoms with Crippen LogP contribution < -0.4 is 5.73 Å². The van der Waals surface area contributed by atoms with Crippen LogP contribution in [0.3, 0.4) is 0 Å². The number of nitrogens with one attached hydrogen (secondary N) is 1. The molecule has 0 aliphatic carbocycles. The van der Waals surface area contributed by atoms with Crippen LogP contribution in [0.2, 0.25) is 0 Å². The minimum absolute atomic E-state index is 0.162. The Bertz CT molecular complexity index is 856. The van der Waals surface area contributed by atoms with Gasteiger partial charge in [0.25, 0.3) is 0 Å². The van der Waals surface area contributed by atoms with Gasteiger partial charge < -0.3 is 10.7 Å². The molecule has 3 rings (SSSR count). The van der Waals surface area contributed by atoms with Crippen LogP contribution >= 0.6 is 0 Å². The van der Waals surface area contributed by atoms with Crippen molar-refractivity contribution in [3.63, 3.8) is 0 Å². The number of H-pyrrole nitrogens is 1. The molecule has 102 valence electrons. The molecule has 5 nitrogen and oxygen atoms in total. The van der Waals surface area contributed by atoms with E-state index in [1.165, 1.54) is 0 Å². The third-order valence-electron chi connectivity index (χ3n) is 3.25. The van der Waals surface area contributed by atoms with Gasteiger partial charge in [0.1, 0.15) is 5.82 Å². The van der Waals surface area contributed by atoms with Crippen LogP contribution in [0.5, 0.6) is 0 Å². The van der Waals surface area contributed by atoms with Crippen LogP contribution in [0, 0.1) is 11.3 Å². The summed E-state index contributed by atoms with van der Waals surface area (Å²) in [4.78, 5) is 18.9. The average molecular weight is 276 g/mol. The van der Waals surface area contributed by atoms with Gasteiger partial charge in [0.05, 0.1) is 29.1 Å². The standard InChI is InChI=1S/C16H12N4O/c17-9-10-4-6-11(7-5-10)16-19-13-3-1-2-12(8-14(18)21)15(13)20-16/h1-7H,8H2,(H2,18,21)(H,19,20). The van der Waals surface area contributed by atoms with E-state index in [2.05, 4.69) is 16.0 Å². The van der Waals surface area contributed by atoms with Crippen molar-refractivity contribution in [2.45, 2.75) is 6.42 Å². The van der Waals surface area contributed by atoms with Crippen molar-refractivity contribution in [3.8, 4) is 17.5 Å². The number of aromatic amines is 1. The number of benzene rings is 2. The smallest absolute Gasteiger partial charge is 0.221 e. The van der Waals surface area contributed by atoms with Crippen LogP contribution in [0.25, 0.3) is 22.4 Å². The van der Waals surface area contributed by atoms with Crippen molar-refractivity contribution in [2.75, 3.05) is 0 Å². The maximum atomic E-state index is 11.1. The first-order valence-electron chi connectivity index (χ1n) is 6.44. The number of aromatic nitrogens is 2. The minimum atomic E-state index is -0.384. The zero-order valence-electron chi connectivity index (χ0n) is 11.1. The molecule has 3 N–H and O–H groups in total. The van der Waals surface area contributed by atoms with Gasteiger partial charge in [-0.3, -0.25) is 4.79 Å². The number of hydrogen-bond acceptors (Lipinski definition) is 3. The molecule has 3 aromatic rings. The Morgan fingerprint density at radius 3 is 2.67 bits per heavy atom. The number of nitrogens with two attached hydrogens (primary N) is 1. The van der Waals surface area contributed by atoms with E-state index in [0.717, 1.165) is 22.2 Å². The zero-order chi connectivity index (χ0) is 14.8. The Morgan fingerprint density at radius 2 is 2.00 bits per heavy atom. The number of primary amides is 1. The summed E-state index contributed by atoms with van der Waals surface area (Å²) in [7, 11) is 0. The van der Waals surface area contributed by atoms with Crippen molar-refractivity contribution in [3.05, 3.63) is 53.6 Å². The minimum Gasteiger partial charge on any atom is -0.369 e. The van der Waals surface area contributed by atoms with Crippen LogP contribution in [-0.4, -0.2) is 15.9 Å². The molecular weight excluding hydrogens is 264 g/mol. The average Bonchev–Trinajstić information content (AvgIpc) is 2.92. The first-order chi connectivity index (χ1) is 10.2. The van der Waals surface area contributed by atoms with E-state index in [-0.39, 0.29) is 12.3 Å². The number of hydrogen-bond donors (Lipinski definition) is 2. The van der Waals surface area contributed by atoms with Gasteiger partial charge in [-0.25, -0.2) is 4.98 Å². The number of nitriles is 1. The Balaban J connectivity index is 2.08. The van der Waals surface area contributed by atoms with Crippen molar-refractivity contribution in [1.82, 2.24) is 9.97 Å². The maximum Gasteiger partial charge on any atom is 0.221 e. The molecule has 2 aromatic carbocycles. The topological polar surface area (TPSA) is 95.6 Å². The Morgan fingerprint density at radius 1 is 1.24 bits per heavy atom. The van der Waals surface area contributed by atoms with Crippen molar-refractivity contribution >= 4 is 16.9 Å². The van der Waals surface area contributed by atoms with E-state index in [1.807, 2.05) is 30.3 Å². The zero-order valence-corrected chi connectivity index (χ0v) is 11.1. The lowest BCUT2D eigenvalue weighted by Gasteiger charge is -1.97. The fourth-order valence-electron chi connectivity index (χ4n) is 2.26. The molecule has 0 aliphatic heterocycles. The molecule has 0 spiro atoms. The SMILES string of the molecule is N#Cc1ccc(-c2nc3c(CC(N)=O)cccc3[nH]2)cc1. The quantitative estimate of drug-likeness (QED) is 0.767. The van der Waals surface area contributed by atoms with Crippen molar-refractivity contribution in [1.29, 1.82) is 5.26 Å². The Kier molecular flexibility index (Phi) is 3.13. The van der Waals surface area contributed by atoms with Gasteiger partial charge in [-0.1, -0.05) is 12.1 Å². The third-order valence-corrected chi connectivity index (χ3v) is 3.25. The van der Waals surface area contributed by atoms with Crippen LogP contribution in [0.1, 0.15) is 11.1 Å². The number of amides is 1. The van der Waals surface area contributed by atoms with E-state index < -0.39 is 0 Å². The summed E-state index contributed by atoms with van der Waals surface area (Å²) in [6, 6.07) is 14.9. The largest absolute Gasteiger partial charge is 0.369 e. The number of para-hydroxylation sites is 1. The van der Waals surface area contributed by atoms with E-state index >= 15 is 0 Å². The van der Waals surface area contributed by atoms with E-state index in [9.17, 15) is 4.79 Å². The number of fused-ring (bicyclic) bond motifs is 1. The summed E-state index contributed by atoms with van der Waals surface area (Å²) in [6.07, 6.45) is 0.162. The molecule has 0 bridgehead atoms. The molecule has 0 saturated heterocycles. The Hall–Kier alpha value is -3.13. The number of carbonyl (C=O) groups excluding carboxylic acids is 1. The molecule has 1 amide bonds. The lowest BCUT2D eigenvalue weighted by molar-refractivity contribution is -0.117. The van der Waals surface area contributed by atoms with Gasteiger partial charge in [0, 0.05) is 5.56 Å². The second kappa shape index (κ2) is 5.10. The van der Waals surface area contributed by atoms with Gasteiger partial charge in [-0.2, -0.15) is 5.26 Å². The molecule has 0 aliphatic rings. The number of carbonyl (C=O) groups is 1. The predicted molar refractivity (Wildman–Crippen MR) is 79.1 cm³/mol. The third kappa shape index (κ3) is 2.47. The summed E-state index contributed by atoms with van der Waals surface area (Å²) in [6.45, 7) is 0. The number of nitrogens with zero attached hydrogens (tertiary/aromatic N) is 2. The highest BCUT2D eigenvalue weighted by molar-refractivity contribution is 5.87. The molecule has 21 heavy (non-hydrogen) atoms. The van der Waals surface area contributed by atoms with Crippen molar-refractivity contribution < 1.29 is 4.79 Å². The summed E-state index contributed by atoms with van der Waals surface area (Å²) in [5.74, 6) is 0.317. The summed E-state index contributed by atoms with van der Waals surface area (Å²) >= 11 is 0. The van der Waals surface area contributed by atoms with E-state index in [0.29, 0.717) is 11.4 Å². The van der Waals surface area contributed by atoms with E-state index in [4.69, 9.17) is 11.0 Å². The summed E-state index contributed by atoms with van der Waals surface area (Å²) in [5.41, 5.74) is 9.15. The predicted octanol–water partition coefficient (Wildman–Crippen LogP) is 2.13.